The Balaban J connectivity index is 1.63. The molecule has 5 rings (SSSR count). The van der Waals surface area contributed by atoms with Gasteiger partial charge in [0.05, 0.1) is 23.6 Å². The van der Waals surface area contributed by atoms with Crippen LogP contribution < -0.4 is 5.32 Å². The Bertz CT molecular complexity index is 1630. The van der Waals surface area contributed by atoms with Crippen molar-refractivity contribution in [1.29, 1.82) is 0 Å². The molecule has 0 aromatic heterocycles. The van der Waals surface area contributed by atoms with Crippen LogP contribution in [0.3, 0.4) is 0 Å². The number of amidine groups is 1. The Labute approximate surface area is 253 Å². The molecule has 0 spiro atoms. The maximum absolute atomic E-state index is 14.2. The zero-order chi connectivity index (χ0) is 29.8. The molecule has 1 saturated heterocycles. The number of nitrogens with zero attached hydrogens (tertiary/aromatic N) is 3. The van der Waals surface area contributed by atoms with Crippen LogP contribution in [0.15, 0.2) is 98.7 Å². The molecule has 0 saturated carbocycles. The molecule has 2 aliphatic rings. The summed E-state index contributed by atoms with van der Waals surface area (Å²) in [6.45, 7) is 6.06. The van der Waals surface area contributed by atoms with E-state index in [2.05, 4.69) is 5.32 Å². The number of hydrogen-bond donors (Lipinski definition) is 2. The minimum atomic E-state index is -1.00. The molecule has 214 valence electrons. The van der Waals surface area contributed by atoms with Gasteiger partial charge in [-0.15, -0.1) is 0 Å². The van der Waals surface area contributed by atoms with Gasteiger partial charge in [0.2, 0.25) is 0 Å². The molecule has 2 aliphatic heterocycles. The topological polar surface area (TPSA) is 102 Å². The third-order valence-electron chi connectivity index (χ3n) is 6.67. The van der Waals surface area contributed by atoms with Crippen molar-refractivity contribution in [2.24, 2.45) is 4.99 Å². The van der Waals surface area contributed by atoms with E-state index in [4.69, 9.17) is 4.99 Å². The molecule has 1 amide bonds. The van der Waals surface area contributed by atoms with Gasteiger partial charge in [-0.2, -0.15) is 0 Å². The van der Waals surface area contributed by atoms with Crippen LogP contribution in [0.5, 0.6) is 0 Å². The minimum absolute atomic E-state index is 0.0831. The monoisotopic (exact) mass is 598 g/mol. The lowest BCUT2D eigenvalue weighted by Gasteiger charge is -2.22. The van der Waals surface area contributed by atoms with Gasteiger partial charge in [-0.3, -0.25) is 19.3 Å². The first-order chi connectivity index (χ1) is 20.3. The molecule has 0 aliphatic carbocycles. The van der Waals surface area contributed by atoms with E-state index in [0.29, 0.717) is 32.9 Å². The molecule has 3 aromatic carbocycles. The highest BCUT2D eigenvalue weighted by atomic mass is 32.2. The predicted octanol–water partition coefficient (Wildman–Crippen LogP) is 6.78. The van der Waals surface area contributed by atoms with E-state index >= 15 is 0 Å². The van der Waals surface area contributed by atoms with Gasteiger partial charge in [-0.05, 0) is 61.9 Å². The standard InChI is InChI=1S/C32H30N4O4S2/c1-4-33-25-16-15-24(20(2)37)17-26(25)34-32-36(18-22-11-7-5-8-12-22)30(40)29(42-32)31-35(19-27(38)39)28(21(3)41-31)23-13-9-6-10-14-23/h5-17,33H,4,18-19H2,1-3H3,(H,38,39)/b31-29-,34-32?. The van der Waals surface area contributed by atoms with Crippen LogP contribution in [0.4, 0.5) is 11.4 Å². The number of carbonyl (C=O) groups excluding carboxylic acids is 2. The van der Waals surface area contributed by atoms with Gasteiger partial charge in [-0.25, -0.2) is 4.99 Å². The van der Waals surface area contributed by atoms with Crippen molar-refractivity contribution in [3.8, 4) is 0 Å². The molecule has 3 aromatic rings. The van der Waals surface area contributed by atoms with Crippen LogP contribution >= 0.6 is 23.5 Å². The summed E-state index contributed by atoms with van der Waals surface area (Å²) in [5.74, 6) is -1.34. The summed E-state index contributed by atoms with van der Waals surface area (Å²) in [5, 5.41) is 14.1. The van der Waals surface area contributed by atoms with Gasteiger partial charge in [0.25, 0.3) is 5.91 Å². The van der Waals surface area contributed by atoms with E-state index in [0.717, 1.165) is 27.4 Å². The van der Waals surface area contributed by atoms with Crippen molar-refractivity contribution in [3.63, 3.8) is 0 Å². The van der Waals surface area contributed by atoms with E-state index in [1.165, 1.54) is 30.4 Å². The lowest BCUT2D eigenvalue weighted by molar-refractivity contribution is -0.137. The number of anilines is 1. The zero-order valence-corrected chi connectivity index (χ0v) is 25.1. The Morgan fingerprint density at radius 1 is 0.952 bits per heavy atom. The largest absolute Gasteiger partial charge is 0.480 e. The second kappa shape index (κ2) is 12.7. The lowest BCUT2D eigenvalue weighted by atomic mass is 10.1. The first kappa shape index (κ1) is 29.2. The van der Waals surface area contributed by atoms with Crippen LogP contribution in [0.1, 0.15) is 42.3 Å². The van der Waals surface area contributed by atoms with E-state index in [1.54, 1.807) is 21.9 Å². The third-order valence-corrected chi connectivity index (χ3v) is 8.98. The van der Waals surface area contributed by atoms with Gasteiger partial charge in [0.1, 0.15) is 16.5 Å². The minimum Gasteiger partial charge on any atom is -0.480 e. The number of rotatable bonds is 9. The zero-order valence-electron chi connectivity index (χ0n) is 23.5. The van der Waals surface area contributed by atoms with Crippen molar-refractivity contribution >= 4 is 63.4 Å². The molecule has 2 heterocycles. The van der Waals surface area contributed by atoms with Gasteiger partial charge in [-0.1, -0.05) is 72.4 Å². The number of carboxylic acid groups (broad SMARTS) is 1. The van der Waals surface area contributed by atoms with E-state index in [1.807, 2.05) is 80.6 Å². The Morgan fingerprint density at radius 3 is 2.29 bits per heavy atom. The van der Waals surface area contributed by atoms with Crippen molar-refractivity contribution in [2.45, 2.75) is 27.3 Å². The van der Waals surface area contributed by atoms with Crippen LogP contribution in [0.25, 0.3) is 5.70 Å². The summed E-state index contributed by atoms with van der Waals surface area (Å²) in [7, 11) is 0. The number of benzene rings is 3. The number of nitrogens with one attached hydrogen (secondary N) is 1. The number of aliphatic carboxylic acids is 1. The molecule has 0 radical (unpaired) electrons. The number of Topliss-reactive ketones (excluding diaryl/α,β-unsaturated/α-hetero) is 1. The first-order valence-electron chi connectivity index (χ1n) is 13.5. The van der Waals surface area contributed by atoms with Crippen LogP contribution in [0, 0.1) is 0 Å². The molecule has 2 N–H and O–H groups in total. The Morgan fingerprint density at radius 2 is 1.64 bits per heavy atom. The molecule has 10 heteroatoms. The van der Waals surface area contributed by atoms with E-state index in [-0.39, 0.29) is 24.8 Å². The van der Waals surface area contributed by atoms with Crippen LogP contribution in [-0.4, -0.2) is 50.8 Å². The Hall–Kier alpha value is -4.28. The highest BCUT2D eigenvalue weighted by Gasteiger charge is 2.41. The van der Waals surface area contributed by atoms with Crippen molar-refractivity contribution < 1.29 is 19.5 Å². The highest BCUT2D eigenvalue weighted by Crippen LogP contribution is 2.50. The molecule has 0 unspecified atom stereocenters. The lowest BCUT2D eigenvalue weighted by Crippen LogP contribution is -2.30. The summed E-state index contributed by atoms with van der Waals surface area (Å²) in [6, 6.07) is 24.5. The number of aliphatic imine (C=N–C) groups is 1. The summed E-state index contributed by atoms with van der Waals surface area (Å²) < 4.78 is 0. The fourth-order valence-corrected chi connectivity index (χ4v) is 7.05. The summed E-state index contributed by atoms with van der Waals surface area (Å²) in [5.41, 5.74) is 4.38. The second-order valence-electron chi connectivity index (χ2n) is 9.68. The average Bonchev–Trinajstić information content (AvgIpc) is 3.45. The van der Waals surface area contributed by atoms with E-state index < -0.39 is 5.97 Å². The maximum Gasteiger partial charge on any atom is 0.323 e. The predicted molar refractivity (Wildman–Crippen MR) is 170 cm³/mol. The highest BCUT2D eigenvalue weighted by molar-refractivity contribution is 8.19. The summed E-state index contributed by atoms with van der Waals surface area (Å²) >= 11 is 2.62. The number of allylic oxidation sites excluding steroid dienone is 1. The van der Waals surface area contributed by atoms with Gasteiger partial charge in [0, 0.05) is 17.0 Å². The number of carbonyl (C=O) groups is 3. The van der Waals surface area contributed by atoms with E-state index in [9.17, 15) is 19.5 Å². The Kier molecular flexibility index (Phi) is 8.84. The number of ketones is 1. The SMILES string of the molecule is CCNc1ccc(C(C)=O)cc1N=C1S/C(=C2\SC(C)=C(c3ccccc3)N2CC(=O)O)C(=O)N1Cc1ccccc1. The molecule has 42 heavy (non-hydrogen) atoms. The van der Waals surface area contributed by atoms with Crippen LogP contribution in [0.2, 0.25) is 0 Å². The third kappa shape index (κ3) is 6.14. The fraction of sp³-hybridized carbons (Fsp3) is 0.188. The smallest absolute Gasteiger partial charge is 0.323 e. The molecule has 1 fully saturated rings. The van der Waals surface area contributed by atoms with Gasteiger partial charge >= 0.3 is 5.97 Å². The van der Waals surface area contributed by atoms with Crippen LogP contribution in [-0.2, 0) is 16.1 Å². The molecule has 0 atom stereocenters. The number of amides is 1. The number of thioether (sulfide) groups is 2. The van der Waals surface area contributed by atoms with Gasteiger partial charge < -0.3 is 15.3 Å². The average molecular weight is 599 g/mol. The molecular weight excluding hydrogens is 569 g/mol. The molecule has 8 nitrogen and oxygen atoms in total. The number of carboxylic acids is 1. The number of hydrogen-bond acceptors (Lipinski definition) is 8. The van der Waals surface area contributed by atoms with Crippen molar-refractivity contribution in [1.82, 2.24) is 9.80 Å². The fourth-order valence-electron chi connectivity index (χ4n) is 4.76. The van der Waals surface area contributed by atoms with Crippen molar-refractivity contribution in [3.05, 3.63) is 110 Å². The van der Waals surface area contributed by atoms with Gasteiger partial charge in [0.15, 0.2) is 11.0 Å². The summed E-state index contributed by atoms with van der Waals surface area (Å²) in [6.07, 6.45) is 0. The quantitative estimate of drug-likeness (QED) is 0.205. The summed E-state index contributed by atoms with van der Waals surface area (Å²) in [4.78, 5) is 47.9. The first-order valence-corrected chi connectivity index (χ1v) is 15.1. The normalized spacial score (nSPS) is 17.9. The maximum atomic E-state index is 14.2. The molecule has 0 bridgehead atoms. The second-order valence-corrected chi connectivity index (χ2v) is 11.9. The molecular formula is C32H30N4O4S2. The van der Waals surface area contributed by atoms with Crippen molar-refractivity contribution in [2.75, 3.05) is 18.4 Å².